The van der Waals surface area contributed by atoms with Crippen molar-refractivity contribution in [3.63, 3.8) is 0 Å². The molecular formula is C8H14N4O4Pd. The van der Waals surface area contributed by atoms with Gasteiger partial charge in [0.25, 0.3) is 0 Å². The Hall–Kier alpha value is -1.46. The summed E-state index contributed by atoms with van der Waals surface area (Å²) in [7, 11) is 0. The Bertz CT molecular complexity index is 261. The molecule has 0 aromatic rings. The van der Waals surface area contributed by atoms with Crippen molar-refractivity contribution in [2.45, 2.75) is 27.7 Å². The van der Waals surface area contributed by atoms with E-state index in [4.69, 9.17) is 10.4 Å². The molecule has 0 bridgehead atoms. The van der Waals surface area contributed by atoms with Gasteiger partial charge in [-0.1, -0.05) is 10.3 Å². The van der Waals surface area contributed by atoms with Gasteiger partial charge in [-0.15, -0.1) is 0 Å². The zero-order valence-corrected chi connectivity index (χ0v) is 11.4. The molecule has 0 aliphatic heterocycles. The minimum absolute atomic E-state index is 0. The van der Waals surface area contributed by atoms with E-state index in [9.17, 15) is 10.4 Å². The Morgan fingerprint density at radius 3 is 1.00 bits per heavy atom. The van der Waals surface area contributed by atoms with E-state index >= 15 is 0 Å². The number of hydrogen-bond donors (Lipinski definition) is 2. The maximum atomic E-state index is 9.63. The first-order valence-corrected chi connectivity index (χ1v) is 4.16. The number of nitrogens with zero attached hydrogens (tertiary/aromatic N) is 4. The van der Waals surface area contributed by atoms with Crippen molar-refractivity contribution < 1.29 is 30.8 Å². The molecule has 0 spiro atoms. The molecule has 0 fully saturated rings. The summed E-state index contributed by atoms with van der Waals surface area (Å²) >= 11 is 0. The zero-order chi connectivity index (χ0) is 13.1. The van der Waals surface area contributed by atoms with Crippen molar-refractivity contribution in [3.05, 3.63) is 10.4 Å². The van der Waals surface area contributed by atoms with Gasteiger partial charge in [0.05, 0.1) is 22.8 Å². The van der Waals surface area contributed by atoms with E-state index < -0.39 is 0 Å². The summed E-state index contributed by atoms with van der Waals surface area (Å²) in [5.74, 6) is 0. The molecule has 0 amide bonds. The second kappa shape index (κ2) is 12.6. The summed E-state index contributed by atoms with van der Waals surface area (Å²) in [5, 5.41) is 45.8. The number of hydrogen-bond acceptors (Lipinski definition) is 8. The zero-order valence-electron chi connectivity index (χ0n) is 9.82. The topological polar surface area (TPSA) is 136 Å². The fourth-order valence-corrected chi connectivity index (χ4v) is 0.277. The fraction of sp³-hybridized carbons (Fsp3) is 0.500. The molecule has 0 unspecified atom stereocenters. The Morgan fingerprint density at radius 2 is 0.941 bits per heavy atom. The van der Waals surface area contributed by atoms with Gasteiger partial charge >= 0.3 is 20.4 Å². The van der Waals surface area contributed by atoms with Gasteiger partial charge in [0, 0.05) is 0 Å². The van der Waals surface area contributed by atoms with Crippen LogP contribution < -0.4 is 0 Å². The monoisotopic (exact) mass is 336 g/mol. The molecule has 0 aliphatic carbocycles. The van der Waals surface area contributed by atoms with Gasteiger partial charge in [-0.2, -0.15) is 0 Å². The molecule has 8 nitrogen and oxygen atoms in total. The predicted molar refractivity (Wildman–Crippen MR) is 62.7 cm³/mol. The second-order valence-corrected chi connectivity index (χ2v) is 2.72. The molecule has 0 radical (unpaired) electrons. The van der Waals surface area contributed by atoms with E-state index in [2.05, 4.69) is 20.6 Å². The number of oxime groups is 2. The van der Waals surface area contributed by atoms with Crippen molar-refractivity contribution >= 4 is 22.8 Å². The summed E-state index contributed by atoms with van der Waals surface area (Å²) in [6.45, 7) is 5.94. The smallest absolute Gasteiger partial charge is 0.792 e. The Balaban J connectivity index is -0.000000218. The van der Waals surface area contributed by atoms with Crippen LogP contribution in [0.15, 0.2) is 20.6 Å². The van der Waals surface area contributed by atoms with E-state index in [0.717, 1.165) is 0 Å². The average molecular weight is 337 g/mol. The van der Waals surface area contributed by atoms with E-state index in [1.165, 1.54) is 27.7 Å². The Labute approximate surface area is 113 Å². The van der Waals surface area contributed by atoms with E-state index in [1.54, 1.807) is 0 Å². The molecule has 0 atom stereocenters. The largest absolute Gasteiger partial charge is 2.00 e. The van der Waals surface area contributed by atoms with Crippen LogP contribution >= 0.6 is 0 Å². The fourth-order valence-electron chi connectivity index (χ4n) is 0.277. The number of rotatable bonds is 2. The molecule has 0 saturated carbocycles. The van der Waals surface area contributed by atoms with Crippen LogP contribution in [0, 0.1) is 10.4 Å². The summed E-state index contributed by atoms with van der Waals surface area (Å²) in [6, 6.07) is 0. The average Bonchev–Trinajstić information content (AvgIpc) is 2.35. The van der Waals surface area contributed by atoms with Crippen LogP contribution in [0.1, 0.15) is 27.7 Å². The van der Waals surface area contributed by atoms with Crippen molar-refractivity contribution in [1.29, 1.82) is 0 Å². The molecule has 100 valence electrons. The van der Waals surface area contributed by atoms with E-state index in [0.29, 0.717) is 0 Å². The molecule has 0 aromatic carbocycles. The van der Waals surface area contributed by atoms with Gasteiger partial charge in [-0.3, -0.25) is 0 Å². The Morgan fingerprint density at radius 1 is 0.706 bits per heavy atom. The van der Waals surface area contributed by atoms with Crippen molar-refractivity contribution in [3.8, 4) is 0 Å². The maximum absolute atomic E-state index is 9.63. The Kier molecular flexibility index (Phi) is 15.5. The third-order valence-electron chi connectivity index (χ3n) is 1.62. The quantitative estimate of drug-likeness (QED) is 0.342. The van der Waals surface area contributed by atoms with Crippen molar-refractivity contribution in [2.24, 2.45) is 20.6 Å². The van der Waals surface area contributed by atoms with Crippen LogP contribution in [0.4, 0.5) is 0 Å². The molecule has 2 N–H and O–H groups in total. The predicted octanol–water partition coefficient (Wildman–Crippen LogP) is 1.59. The summed E-state index contributed by atoms with van der Waals surface area (Å²) in [6.07, 6.45) is 0. The van der Waals surface area contributed by atoms with Gasteiger partial charge in [0.1, 0.15) is 0 Å². The first kappa shape index (κ1) is 20.9. The first-order valence-electron chi connectivity index (χ1n) is 4.16. The van der Waals surface area contributed by atoms with E-state index in [-0.39, 0.29) is 43.3 Å². The molecule has 0 rings (SSSR count). The first-order chi connectivity index (χ1) is 7.44. The molecular weight excluding hydrogens is 323 g/mol. The van der Waals surface area contributed by atoms with Crippen molar-refractivity contribution in [2.75, 3.05) is 0 Å². The minimum atomic E-state index is 0. The minimum Gasteiger partial charge on any atom is -0.792 e. The van der Waals surface area contributed by atoms with Crippen LogP contribution in [0.5, 0.6) is 0 Å². The second-order valence-electron chi connectivity index (χ2n) is 2.72. The van der Waals surface area contributed by atoms with Gasteiger partial charge in [-0.25, -0.2) is 0 Å². The molecule has 0 aromatic heterocycles. The van der Waals surface area contributed by atoms with Crippen LogP contribution in [0.2, 0.25) is 0 Å². The van der Waals surface area contributed by atoms with Crippen LogP contribution in [-0.2, 0) is 20.4 Å². The van der Waals surface area contributed by atoms with Crippen LogP contribution in [0.25, 0.3) is 0 Å². The maximum Gasteiger partial charge on any atom is 2.00 e. The van der Waals surface area contributed by atoms with Gasteiger partial charge in [-0.05, 0) is 27.7 Å². The van der Waals surface area contributed by atoms with Crippen LogP contribution in [-0.4, -0.2) is 33.3 Å². The molecule has 0 saturated heterocycles. The molecule has 0 aliphatic rings. The van der Waals surface area contributed by atoms with Crippen LogP contribution in [0.3, 0.4) is 0 Å². The standard InChI is InChI=1S/2C4H8N2O2.Pd/c2*1-3(5-7)4(2)6-8;/h2*7-8H,1-2H3;/q;;+2/p-2. The summed E-state index contributed by atoms with van der Waals surface area (Å²) in [4.78, 5) is 0. The van der Waals surface area contributed by atoms with E-state index in [1.807, 2.05) is 0 Å². The van der Waals surface area contributed by atoms with Gasteiger partial charge in [0.15, 0.2) is 0 Å². The third-order valence-corrected chi connectivity index (χ3v) is 1.62. The molecule has 9 heteroatoms. The van der Waals surface area contributed by atoms with Gasteiger partial charge < -0.3 is 31.1 Å². The molecule has 0 heterocycles. The summed E-state index contributed by atoms with van der Waals surface area (Å²) < 4.78 is 0. The SMILES string of the molecule is CC(=N[O-])C(C)=NO.CC(=N[O-])C(C)=NO.[Pd+2]. The summed E-state index contributed by atoms with van der Waals surface area (Å²) in [5.41, 5.74) is 0.903. The third kappa shape index (κ3) is 10.8. The van der Waals surface area contributed by atoms with Gasteiger partial charge in [0.2, 0.25) is 0 Å². The molecule has 17 heavy (non-hydrogen) atoms. The normalized spacial score (nSPS) is 13.4. The van der Waals surface area contributed by atoms with Crippen molar-refractivity contribution in [1.82, 2.24) is 0 Å².